The third-order valence-electron chi connectivity index (χ3n) is 9.90. The molecule has 0 N–H and O–H groups in total. The fraction of sp³-hybridized carbons (Fsp3) is 0.700. The van der Waals surface area contributed by atoms with Gasteiger partial charge in [0.05, 0.1) is 26.4 Å². The molecule has 2 atom stereocenters. The van der Waals surface area contributed by atoms with E-state index in [-0.39, 0.29) is 45.8 Å². The summed E-state index contributed by atoms with van der Waals surface area (Å²) in [5.41, 5.74) is 1.71. The number of carbonyl (C=O) groups is 4. The molecule has 0 aromatic carbocycles. The number of halogens is 1. The summed E-state index contributed by atoms with van der Waals surface area (Å²) in [6, 6.07) is 0. The van der Waals surface area contributed by atoms with Gasteiger partial charge in [-0.2, -0.15) is 0 Å². The van der Waals surface area contributed by atoms with Crippen molar-refractivity contribution in [2.45, 2.75) is 161 Å². The van der Waals surface area contributed by atoms with Crippen LogP contribution in [0.2, 0.25) is 49.9 Å². The number of ether oxygens (including phenoxy) is 2. The number of esters is 2. The van der Waals surface area contributed by atoms with Crippen LogP contribution in [-0.2, 0) is 37.5 Å². The van der Waals surface area contributed by atoms with E-state index in [0.29, 0.717) is 44.1 Å². The molecule has 296 valence electrons. The normalized spacial score (nSPS) is 18.1. The van der Waals surface area contributed by atoms with Crippen LogP contribution in [0.3, 0.4) is 0 Å². The maximum atomic E-state index is 12.1. The van der Waals surface area contributed by atoms with Gasteiger partial charge in [-0.05, 0) is 86.1 Å². The molecule has 52 heavy (non-hydrogen) atoms. The van der Waals surface area contributed by atoms with Gasteiger partial charge in [0, 0.05) is 36.6 Å². The number of carbonyl (C=O) groups excluding carboxylic acids is 4. The van der Waals surface area contributed by atoms with E-state index in [9.17, 15) is 19.2 Å². The Hall–Kier alpha value is -1.86. The molecule has 0 aliphatic heterocycles. The highest BCUT2D eigenvalue weighted by atomic mass is 79.9. The van der Waals surface area contributed by atoms with Crippen molar-refractivity contribution >= 4 is 62.8 Å². The molecule has 0 saturated carbocycles. The zero-order valence-electron chi connectivity index (χ0n) is 34.9. The second kappa shape index (κ2) is 23.8. The molecule has 0 saturated heterocycles. The molecule has 0 radical (unpaired) electrons. The van der Waals surface area contributed by atoms with Crippen LogP contribution >= 0.6 is 15.9 Å². The second-order valence-corrected chi connectivity index (χ2v) is 27.0. The van der Waals surface area contributed by atoms with E-state index < -0.39 is 16.6 Å². The first-order valence-corrected chi connectivity index (χ1v) is 25.7. The minimum atomic E-state index is -1.85. The summed E-state index contributed by atoms with van der Waals surface area (Å²) >= 11 is 3.33. The standard InChI is InChI=1S/C19H32O4Si.C12H21BrO2Si.C9H17BO2/c1-19(2,3)24(5,6)23-16-13-15(17(20)14-16)11-9-7-8-10-12-18(21)22-4;1-12(2,3)16(4,5)15-10-6-9(8-13)11(14)7-10;1-10(2)8-6-4-5-7-9(11)12-3/h7,9,13,16H,8,10-12,14H2,1-6H3;6,10H,7-8H2,1-5H3;6,8H,4-5,7H2,1-3H3/b9-7-;;8-6-. The van der Waals surface area contributed by atoms with Crippen molar-refractivity contribution in [1.82, 2.24) is 0 Å². The molecule has 0 aromatic rings. The molecule has 0 spiro atoms. The maximum Gasteiger partial charge on any atom is 0.305 e. The van der Waals surface area contributed by atoms with Crippen LogP contribution in [0, 0.1) is 0 Å². The predicted octanol–water partition coefficient (Wildman–Crippen LogP) is 10.4. The summed E-state index contributed by atoms with van der Waals surface area (Å²) in [4.78, 5) is 45.4. The molecular weight excluding hydrogens is 755 g/mol. The zero-order chi connectivity index (χ0) is 40.3. The van der Waals surface area contributed by atoms with Crippen molar-refractivity contribution in [3.63, 3.8) is 0 Å². The Labute approximate surface area is 327 Å². The molecule has 8 nitrogen and oxygen atoms in total. The number of hydrogen-bond acceptors (Lipinski definition) is 8. The van der Waals surface area contributed by atoms with Gasteiger partial charge in [0.25, 0.3) is 0 Å². The van der Waals surface area contributed by atoms with Gasteiger partial charge < -0.3 is 18.3 Å². The van der Waals surface area contributed by atoms with Crippen molar-refractivity contribution in [3.8, 4) is 0 Å². The van der Waals surface area contributed by atoms with E-state index in [4.69, 9.17) is 8.85 Å². The van der Waals surface area contributed by atoms with Crippen molar-refractivity contribution < 1.29 is 37.5 Å². The third kappa shape index (κ3) is 20.0. The Morgan fingerprint density at radius 3 is 1.52 bits per heavy atom. The van der Waals surface area contributed by atoms with Crippen LogP contribution < -0.4 is 0 Å². The van der Waals surface area contributed by atoms with Crippen molar-refractivity contribution in [2.75, 3.05) is 19.5 Å². The van der Waals surface area contributed by atoms with E-state index in [2.05, 4.69) is 119 Å². The molecule has 0 bridgehead atoms. The largest absolute Gasteiger partial charge is 0.469 e. The van der Waals surface area contributed by atoms with Gasteiger partial charge in [-0.25, -0.2) is 0 Å². The Morgan fingerprint density at radius 2 is 1.15 bits per heavy atom. The van der Waals surface area contributed by atoms with Gasteiger partial charge in [0.2, 0.25) is 0 Å². The molecule has 0 heterocycles. The van der Waals surface area contributed by atoms with E-state index >= 15 is 0 Å². The summed E-state index contributed by atoms with van der Waals surface area (Å²) in [5, 5.41) is 0.983. The van der Waals surface area contributed by atoms with Crippen LogP contribution in [0.4, 0.5) is 0 Å². The summed E-state index contributed by atoms with van der Waals surface area (Å²) in [7, 11) is -0.781. The number of alkyl halides is 1. The Morgan fingerprint density at radius 1 is 0.750 bits per heavy atom. The predicted molar refractivity (Wildman–Crippen MR) is 225 cm³/mol. The van der Waals surface area contributed by atoms with Crippen LogP contribution in [0.1, 0.15) is 99.3 Å². The van der Waals surface area contributed by atoms with Crippen LogP contribution in [0.5, 0.6) is 0 Å². The SMILES string of the molecule is CC(C)(C)[Si](C)(C)OC1C=C(CBr)C(=O)C1.COC(=O)CCC/C=C\B(C)C.COC(=O)CCC/C=C\CC1=CC(O[Si](C)(C)C(C)(C)C)CC1=O. The monoisotopic (exact) mass is 824 g/mol. The quantitative estimate of drug-likeness (QED) is 0.0498. The van der Waals surface area contributed by atoms with Crippen molar-refractivity contribution in [1.29, 1.82) is 0 Å². The molecule has 12 heteroatoms. The lowest BCUT2D eigenvalue weighted by atomic mass is 9.55. The van der Waals surface area contributed by atoms with E-state index in [1.165, 1.54) is 14.2 Å². The average Bonchev–Trinajstić information content (AvgIpc) is 3.56. The number of methoxy groups -OCH3 is 2. The topological polar surface area (TPSA) is 105 Å². The van der Waals surface area contributed by atoms with Crippen LogP contribution in [-0.4, -0.2) is 78.6 Å². The van der Waals surface area contributed by atoms with Crippen LogP contribution in [0.25, 0.3) is 0 Å². The molecule has 2 unspecified atom stereocenters. The smallest absolute Gasteiger partial charge is 0.305 e. The number of ketones is 2. The first kappa shape index (κ1) is 50.1. The molecule has 0 aromatic heterocycles. The van der Waals surface area contributed by atoms with E-state index in [1.54, 1.807) is 0 Å². The maximum absolute atomic E-state index is 12.1. The molecule has 2 aliphatic carbocycles. The zero-order valence-corrected chi connectivity index (χ0v) is 38.5. The lowest BCUT2D eigenvalue weighted by Crippen LogP contribution is -2.43. The molecule has 0 amide bonds. The Kier molecular flexibility index (Phi) is 23.0. The van der Waals surface area contributed by atoms with Gasteiger partial charge in [0.1, 0.15) is 0 Å². The Balaban J connectivity index is 0.000000804. The number of hydrogen-bond donors (Lipinski definition) is 0. The van der Waals surface area contributed by atoms with Crippen molar-refractivity contribution in [3.05, 3.63) is 47.5 Å². The summed E-state index contributed by atoms with van der Waals surface area (Å²) in [6.07, 6.45) is 16.1. The van der Waals surface area contributed by atoms with E-state index in [1.807, 2.05) is 24.3 Å². The lowest BCUT2D eigenvalue weighted by Gasteiger charge is -2.37. The highest BCUT2D eigenvalue weighted by Crippen LogP contribution is 2.40. The van der Waals surface area contributed by atoms with Gasteiger partial charge in [0.15, 0.2) is 34.9 Å². The third-order valence-corrected chi connectivity index (χ3v) is 19.5. The van der Waals surface area contributed by atoms with E-state index in [0.717, 1.165) is 36.8 Å². The van der Waals surface area contributed by atoms with Crippen molar-refractivity contribution in [2.24, 2.45) is 0 Å². The minimum absolute atomic E-state index is 0.000872. The summed E-state index contributed by atoms with van der Waals surface area (Å²) < 4.78 is 21.6. The average molecular weight is 826 g/mol. The lowest BCUT2D eigenvalue weighted by molar-refractivity contribution is -0.141. The van der Waals surface area contributed by atoms with Gasteiger partial charge in [-0.3, -0.25) is 19.2 Å². The first-order valence-electron chi connectivity index (χ1n) is 18.7. The number of Topliss-reactive ketones (excluding diaryl/α,β-unsaturated/α-hetero) is 2. The molecule has 2 rings (SSSR count). The fourth-order valence-corrected chi connectivity index (χ4v) is 7.60. The highest BCUT2D eigenvalue weighted by Gasteiger charge is 2.41. The first-order chi connectivity index (χ1) is 23.9. The number of allylic oxidation sites excluding steroid dienone is 5. The molecular formula is C40H70BBrO8Si2. The highest BCUT2D eigenvalue weighted by molar-refractivity contribution is 9.09. The van der Waals surface area contributed by atoms with Gasteiger partial charge >= 0.3 is 11.9 Å². The Bertz CT molecular complexity index is 1270. The molecule has 0 fully saturated rings. The second-order valence-electron chi connectivity index (χ2n) is 16.9. The van der Waals surface area contributed by atoms with Crippen LogP contribution in [0.15, 0.2) is 47.5 Å². The van der Waals surface area contributed by atoms with Gasteiger partial charge in [-0.1, -0.05) is 89.3 Å². The minimum Gasteiger partial charge on any atom is -0.469 e. The number of unbranched alkanes of at least 4 members (excludes halogenated alkanes) is 2. The summed E-state index contributed by atoms with van der Waals surface area (Å²) in [6.45, 7) is 27.0. The van der Waals surface area contributed by atoms with Gasteiger partial charge in [-0.15, -0.1) is 5.98 Å². The summed E-state index contributed by atoms with van der Waals surface area (Å²) in [5.74, 6) is 2.27. The molecule has 2 aliphatic rings. The fourth-order valence-electron chi connectivity index (χ4n) is 4.57. The number of rotatable bonds is 16.